The zero-order chi connectivity index (χ0) is 50.5. The molecule has 1 fully saturated rings. The third-order valence-electron chi connectivity index (χ3n) is 12.1. The third-order valence-corrected chi connectivity index (χ3v) is 12.1. The van der Waals surface area contributed by atoms with Gasteiger partial charge in [0.05, 0.1) is 38.1 Å². The molecule has 21 nitrogen and oxygen atoms in total. The van der Waals surface area contributed by atoms with E-state index in [1.165, 1.54) is 19.2 Å². The number of primary amides is 3. The van der Waals surface area contributed by atoms with Gasteiger partial charge in [0.2, 0.25) is 47.3 Å². The first-order chi connectivity index (χ1) is 31.4. The Hall–Kier alpha value is -6.54. The standard InChI is InChI=1S/C46H68N8O13/c1-6-25(3)34(45(66)51-23-40(49)62)20-33(57)24-54(5)46(67)29-11-15-41(63)50-22-32(56)17-30(16-27-8-12-31(55)13-9-27)44(65)53-42(26(4)7-2)37(59)18-28(10-14-38(47)60)43(64)52-35(21-39(48)61)36(58)19-29/h8-9,12-13,25-26,28-30,34-35,42,55H,6-7,10-11,14-24H2,1-5H3,(H2,47,60)(H2,48,61)(H2,49,62)(H,50,63)(H,51,66)(H,52,64)(H,53,65)/t25-,26-,28+,29+,30+,34-,35-,42-/m0/s1. The van der Waals surface area contributed by atoms with Crippen molar-refractivity contribution < 1.29 is 62.6 Å². The summed E-state index contributed by atoms with van der Waals surface area (Å²) in [6, 6.07) is 3.07. The van der Waals surface area contributed by atoms with Crippen LogP contribution >= 0.6 is 0 Å². The molecule has 0 aliphatic carbocycles. The highest BCUT2D eigenvalue weighted by atomic mass is 16.3. The van der Waals surface area contributed by atoms with Crippen molar-refractivity contribution in [1.82, 2.24) is 26.2 Å². The number of Topliss-reactive ketones (excluding diaryl/α,β-unsaturated/α-hetero) is 4. The number of hydrogen-bond acceptors (Lipinski definition) is 13. The molecule has 8 amide bonds. The van der Waals surface area contributed by atoms with Crippen molar-refractivity contribution in [3.05, 3.63) is 29.8 Å². The van der Waals surface area contributed by atoms with Crippen LogP contribution in [0.2, 0.25) is 0 Å². The average molecular weight is 941 g/mol. The summed E-state index contributed by atoms with van der Waals surface area (Å²) < 4.78 is 0. The number of benzene rings is 1. The van der Waals surface area contributed by atoms with E-state index in [2.05, 4.69) is 21.3 Å². The molecule has 1 saturated heterocycles. The SMILES string of the molecule is CC[C@H](C)[C@H](CC(=O)CN(C)C(=O)[C@@H]1CCC(=O)NCC(=O)C[C@@H](Cc2ccc(O)cc2)C(=O)N[C@@H]([C@@H](C)CC)C(=O)C[C@@H](CCC(N)=O)C(=O)N[C@@H](CC(N)=O)C(=O)C1)C(=O)NCC(N)=O. The number of likely N-dealkylation sites (N-methyl/N-ethyl adjacent to an activating group) is 1. The Morgan fingerprint density at radius 2 is 1.46 bits per heavy atom. The molecule has 0 unspecified atom stereocenters. The van der Waals surface area contributed by atoms with Gasteiger partial charge < -0.3 is 48.5 Å². The topological polar surface area (TPSA) is 354 Å². The molecule has 1 aromatic rings. The second-order valence-corrected chi connectivity index (χ2v) is 17.6. The Bertz CT molecular complexity index is 1990. The minimum Gasteiger partial charge on any atom is -0.508 e. The molecule has 0 spiro atoms. The van der Waals surface area contributed by atoms with Crippen molar-refractivity contribution in [2.24, 2.45) is 52.7 Å². The fourth-order valence-corrected chi connectivity index (χ4v) is 7.71. The number of amides is 8. The molecule has 1 aliphatic rings. The molecule has 0 saturated carbocycles. The number of carbonyl (C=O) groups excluding carboxylic acids is 12. The monoisotopic (exact) mass is 940 g/mol. The minimum atomic E-state index is -1.66. The summed E-state index contributed by atoms with van der Waals surface area (Å²) >= 11 is 0. The number of hydrogen-bond donors (Lipinski definition) is 8. The molecule has 21 heteroatoms. The summed E-state index contributed by atoms with van der Waals surface area (Å²) in [6.45, 7) is 5.49. The number of phenolic OH excluding ortho intramolecular Hbond substituents is 1. The normalized spacial score (nSPS) is 21.9. The molecular weight excluding hydrogens is 873 g/mol. The highest BCUT2D eigenvalue weighted by Crippen LogP contribution is 2.24. The number of nitrogens with one attached hydrogen (secondary N) is 4. The second kappa shape index (κ2) is 27.8. The summed E-state index contributed by atoms with van der Waals surface area (Å²) in [5.41, 5.74) is 16.6. The smallest absolute Gasteiger partial charge is 0.236 e. The van der Waals surface area contributed by atoms with Crippen LogP contribution in [0.3, 0.4) is 0 Å². The molecule has 2 rings (SSSR count). The molecule has 8 atom stereocenters. The second-order valence-electron chi connectivity index (χ2n) is 17.6. The van der Waals surface area contributed by atoms with E-state index in [-0.39, 0.29) is 43.8 Å². The van der Waals surface area contributed by atoms with E-state index in [4.69, 9.17) is 17.2 Å². The van der Waals surface area contributed by atoms with Gasteiger partial charge in [-0.05, 0) is 48.8 Å². The predicted molar refractivity (Wildman–Crippen MR) is 241 cm³/mol. The van der Waals surface area contributed by atoms with Crippen LogP contribution in [-0.4, -0.2) is 119 Å². The van der Waals surface area contributed by atoms with E-state index in [1.807, 2.05) is 0 Å². The van der Waals surface area contributed by atoms with Crippen LogP contribution in [0, 0.1) is 35.5 Å². The first-order valence-electron chi connectivity index (χ1n) is 22.6. The van der Waals surface area contributed by atoms with Crippen LogP contribution in [0.25, 0.3) is 0 Å². The molecule has 1 aromatic carbocycles. The summed E-state index contributed by atoms with van der Waals surface area (Å²) in [6.07, 6.45) is -3.21. The van der Waals surface area contributed by atoms with Crippen LogP contribution in [0.1, 0.15) is 104 Å². The highest BCUT2D eigenvalue weighted by Gasteiger charge is 2.37. The van der Waals surface area contributed by atoms with Gasteiger partial charge in [0.15, 0.2) is 23.1 Å². The molecule has 0 bridgehead atoms. The van der Waals surface area contributed by atoms with Gasteiger partial charge >= 0.3 is 0 Å². The Balaban J connectivity index is 2.60. The Morgan fingerprint density at radius 1 is 0.821 bits per heavy atom. The molecule has 0 radical (unpaired) electrons. The van der Waals surface area contributed by atoms with Gasteiger partial charge in [-0.15, -0.1) is 0 Å². The fraction of sp³-hybridized carbons (Fsp3) is 0.609. The minimum absolute atomic E-state index is 0.00721. The number of aromatic hydroxyl groups is 1. The maximum Gasteiger partial charge on any atom is 0.236 e. The van der Waals surface area contributed by atoms with Gasteiger partial charge in [-0.3, -0.25) is 57.5 Å². The first kappa shape index (κ1) is 56.6. The molecule has 0 aromatic heterocycles. The molecule has 11 N–H and O–H groups in total. The third kappa shape index (κ3) is 19.8. The first-order valence-corrected chi connectivity index (χ1v) is 22.6. The van der Waals surface area contributed by atoms with Gasteiger partial charge in [0, 0.05) is 69.2 Å². The van der Waals surface area contributed by atoms with E-state index in [9.17, 15) is 62.6 Å². The van der Waals surface area contributed by atoms with Crippen molar-refractivity contribution >= 4 is 70.4 Å². The lowest BCUT2D eigenvalue weighted by molar-refractivity contribution is -0.141. The van der Waals surface area contributed by atoms with Crippen LogP contribution in [-0.2, 0) is 64.0 Å². The fourth-order valence-electron chi connectivity index (χ4n) is 7.71. The maximum absolute atomic E-state index is 14.1. The lowest BCUT2D eigenvalue weighted by Gasteiger charge is -2.28. The van der Waals surface area contributed by atoms with Crippen molar-refractivity contribution in [3.63, 3.8) is 0 Å². The van der Waals surface area contributed by atoms with Gasteiger partial charge in [-0.2, -0.15) is 0 Å². The zero-order valence-electron chi connectivity index (χ0n) is 39.1. The van der Waals surface area contributed by atoms with Crippen LogP contribution in [0.15, 0.2) is 24.3 Å². The Kier molecular flexibility index (Phi) is 23.5. The number of ketones is 4. The number of rotatable bonds is 19. The van der Waals surface area contributed by atoms with Gasteiger partial charge in [0.1, 0.15) is 5.75 Å². The summed E-state index contributed by atoms with van der Waals surface area (Å²) in [4.78, 5) is 160. The number of nitrogens with zero attached hydrogens (tertiary/aromatic N) is 1. The molecule has 1 heterocycles. The van der Waals surface area contributed by atoms with Crippen molar-refractivity contribution in [2.75, 3.05) is 26.7 Å². The number of nitrogens with two attached hydrogens (primary N) is 3. The van der Waals surface area contributed by atoms with Gasteiger partial charge in [-0.1, -0.05) is 52.7 Å². The van der Waals surface area contributed by atoms with Crippen LogP contribution in [0.4, 0.5) is 0 Å². The van der Waals surface area contributed by atoms with Gasteiger partial charge in [0.25, 0.3) is 0 Å². The van der Waals surface area contributed by atoms with Crippen molar-refractivity contribution in [3.8, 4) is 5.75 Å². The molecule has 1 aliphatic heterocycles. The van der Waals surface area contributed by atoms with Crippen LogP contribution < -0.4 is 38.5 Å². The summed E-state index contributed by atoms with van der Waals surface area (Å²) in [7, 11) is 1.27. The lowest BCUT2D eigenvalue weighted by Crippen LogP contribution is -2.50. The number of carbonyl (C=O) groups is 12. The molecule has 370 valence electrons. The van der Waals surface area contributed by atoms with E-state index in [1.54, 1.807) is 39.8 Å². The average Bonchev–Trinajstić information content (AvgIpc) is 3.27. The Labute approximate surface area is 390 Å². The summed E-state index contributed by atoms with van der Waals surface area (Å²) in [5, 5.41) is 19.9. The van der Waals surface area contributed by atoms with E-state index in [0.717, 1.165) is 4.90 Å². The van der Waals surface area contributed by atoms with E-state index < -0.39 is 164 Å². The Morgan fingerprint density at radius 3 is 2.04 bits per heavy atom. The molecule has 67 heavy (non-hydrogen) atoms. The number of phenols is 1. The van der Waals surface area contributed by atoms with E-state index in [0.29, 0.717) is 18.4 Å². The van der Waals surface area contributed by atoms with Crippen LogP contribution in [0.5, 0.6) is 5.75 Å². The van der Waals surface area contributed by atoms with Crippen molar-refractivity contribution in [1.29, 1.82) is 0 Å². The highest BCUT2D eigenvalue weighted by molar-refractivity contribution is 5.99. The van der Waals surface area contributed by atoms with Gasteiger partial charge in [-0.25, -0.2) is 0 Å². The molecular formula is C46H68N8O13. The largest absolute Gasteiger partial charge is 0.508 e. The maximum atomic E-state index is 14.1. The van der Waals surface area contributed by atoms with E-state index >= 15 is 0 Å². The van der Waals surface area contributed by atoms with Crippen molar-refractivity contribution in [2.45, 2.75) is 117 Å². The zero-order valence-corrected chi connectivity index (χ0v) is 39.1. The lowest BCUT2D eigenvalue weighted by atomic mass is 9.86. The quantitative estimate of drug-likeness (QED) is 0.0861. The predicted octanol–water partition coefficient (Wildman–Crippen LogP) is -0.591. The summed E-state index contributed by atoms with van der Waals surface area (Å²) in [5.74, 6) is -14.4.